The molecule has 1 aliphatic heterocycles. The first kappa shape index (κ1) is 12.7. The Morgan fingerprint density at radius 2 is 2.35 bits per heavy atom. The van der Waals surface area contributed by atoms with Gasteiger partial charge in [-0.3, -0.25) is 4.90 Å². The lowest BCUT2D eigenvalue weighted by atomic mass is 9.85. The quantitative estimate of drug-likeness (QED) is 0.921. The molecule has 1 N–H and O–H groups in total. The number of aromatic amines is 1. The number of hydrogen-bond acceptors (Lipinski definition) is 3. The molecular formula is C16H20N2OS. The summed E-state index contributed by atoms with van der Waals surface area (Å²) in [5.74, 6) is 1.07. The fourth-order valence-electron chi connectivity index (χ4n) is 3.76. The molecule has 2 aromatic rings. The number of fused-ring (bicyclic) bond motifs is 2. The molecule has 0 unspecified atom stereocenters. The molecule has 0 bridgehead atoms. The number of hydrogen-bond donors (Lipinski definition) is 1. The number of H-pyrrole nitrogens is 1. The largest absolute Gasteiger partial charge is 0.366 e. The topological polar surface area (TPSA) is 28.3 Å². The molecule has 1 aliphatic carbocycles. The van der Waals surface area contributed by atoms with Crippen LogP contribution in [0.15, 0.2) is 24.4 Å². The zero-order chi connectivity index (χ0) is 13.7. The third-order valence-electron chi connectivity index (χ3n) is 4.65. The Bertz CT molecular complexity index is 638. The Morgan fingerprint density at radius 3 is 3.20 bits per heavy atom. The van der Waals surface area contributed by atoms with Gasteiger partial charge >= 0.3 is 0 Å². The second-order valence-corrected chi connectivity index (χ2v) is 6.84. The second-order valence-electron chi connectivity index (χ2n) is 5.93. The zero-order valence-electron chi connectivity index (χ0n) is 11.9. The van der Waals surface area contributed by atoms with E-state index in [0.717, 1.165) is 18.7 Å². The third kappa shape index (κ3) is 1.82. The van der Waals surface area contributed by atoms with Gasteiger partial charge in [0.1, 0.15) is 0 Å². The molecular weight excluding hydrogens is 268 g/mol. The van der Waals surface area contributed by atoms with Gasteiger partial charge in [0.25, 0.3) is 0 Å². The highest BCUT2D eigenvalue weighted by Crippen LogP contribution is 2.42. The lowest BCUT2D eigenvalue weighted by Crippen LogP contribution is -2.51. The molecule has 0 saturated carbocycles. The minimum atomic E-state index is 0.220. The Balaban J connectivity index is 1.79. The molecule has 0 radical (unpaired) electrons. The fourth-order valence-corrected chi connectivity index (χ4v) is 4.32. The summed E-state index contributed by atoms with van der Waals surface area (Å²) in [5, 5.41) is 1.40. The number of aromatic nitrogens is 1. The van der Waals surface area contributed by atoms with Crippen LogP contribution in [0.2, 0.25) is 0 Å². The summed E-state index contributed by atoms with van der Waals surface area (Å²) in [6.07, 6.45) is 5.97. The van der Waals surface area contributed by atoms with Crippen LogP contribution in [-0.2, 0) is 11.2 Å². The van der Waals surface area contributed by atoms with Crippen LogP contribution < -0.4 is 0 Å². The maximum atomic E-state index is 6.44. The minimum Gasteiger partial charge on any atom is -0.366 e. The Morgan fingerprint density at radius 1 is 1.45 bits per heavy atom. The van der Waals surface area contributed by atoms with Crippen molar-refractivity contribution in [1.82, 2.24) is 9.88 Å². The second kappa shape index (κ2) is 4.79. The molecule has 2 aliphatic rings. The number of nitrogens with one attached hydrogen (secondary N) is 1. The molecule has 4 heteroatoms. The number of likely N-dealkylation sites (N-methyl/N-ethyl adjacent to an activating group) is 1. The van der Waals surface area contributed by atoms with Crippen molar-refractivity contribution in [3.05, 3.63) is 35.5 Å². The molecule has 4 rings (SSSR count). The van der Waals surface area contributed by atoms with E-state index in [2.05, 4.69) is 47.6 Å². The SMILES string of the molecule is CSC[C@@H]1CN(C)[C@H]2Cc3c[nH]c4cccc(c34)[C@@H]2O1. The van der Waals surface area contributed by atoms with E-state index in [9.17, 15) is 0 Å². The first-order valence-corrected chi connectivity index (χ1v) is 8.61. The maximum Gasteiger partial charge on any atom is 0.0994 e. The number of thioether (sulfide) groups is 1. The van der Waals surface area contributed by atoms with Crippen molar-refractivity contribution in [3.8, 4) is 0 Å². The van der Waals surface area contributed by atoms with Gasteiger partial charge in [0.15, 0.2) is 0 Å². The molecule has 3 nitrogen and oxygen atoms in total. The Hall–Kier alpha value is -0.970. The summed E-state index contributed by atoms with van der Waals surface area (Å²) >= 11 is 1.87. The normalized spacial score (nSPS) is 29.6. The summed E-state index contributed by atoms with van der Waals surface area (Å²) in [5.41, 5.74) is 4.05. The minimum absolute atomic E-state index is 0.220. The van der Waals surface area contributed by atoms with Gasteiger partial charge in [-0.05, 0) is 36.9 Å². The van der Waals surface area contributed by atoms with E-state index < -0.39 is 0 Å². The molecule has 0 spiro atoms. The van der Waals surface area contributed by atoms with Crippen LogP contribution in [0.3, 0.4) is 0 Å². The predicted octanol–water partition coefficient (Wildman–Crippen LogP) is 2.83. The smallest absolute Gasteiger partial charge is 0.0994 e. The number of ether oxygens (including phenoxy) is 1. The molecule has 20 heavy (non-hydrogen) atoms. The Kier molecular flexibility index (Phi) is 3.05. The standard InChI is InChI=1S/C16H20N2OS/c1-18-8-11(9-20-2)19-16-12-4-3-5-13-15(12)10(7-17-13)6-14(16)18/h3-5,7,11,14,16-17H,6,8-9H2,1-2H3/t11-,14-,16-/m0/s1. The fraction of sp³-hybridized carbons (Fsp3) is 0.500. The molecule has 0 amide bonds. The Labute approximate surface area is 123 Å². The summed E-state index contributed by atoms with van der Waals surface area (Å²) in [7, 11) is 2.24. The zero-order valence-corrected chi connectivity index (χ0v) is 12.7. The van der Waals surface area contributed by atoms with Gasteiger partial charge in [-0.25, -0.2) is 0 Å². The van der Waals surface area contributed by atoms with Crippen molar-refractivity contribution in [1.29, 1.82) is 0 Å². The van der Waals surface area contributed by atoms with E-state index >= 15 is 0 Å². The highest BCUT2D eigenvalue weighted by atomic mass is 32.2. The summed E-state index contributed by atoms with van der Waals surface area (Å²) in [4.78, 5) is 5.89. The van der Waals surface area contributed by atoms with Crippen molar-refractivity contribution >= 4 is 22.7 Å². The van der Waals surface area contributed by atoms with E-state index in [0.29, 0.717) is 12.1 Å². The average molecular weight is 288 g/mol. The number of nitrogens with zero attached hydrogens (tertiary/aromatic N) is 1. The van der Waals surface area contributed by atoms with Crippen LogP contribution in [0, 0.1) is 0 Å². The summed E-state index contributed by atoms with van der Waals surface area (Å²) in [6, 6.07) is 7.02. The predicted molar refractivity (Wildman–Crippen MR) is 84.4 cm³/mol. The van der Waals surface area contributed by atoms with Crippen molar-refractivity contribution in [2.75, 3.05) is 25.6 Å². The average Bonchev–Trinajstić information content (AvgIpc) is 2.86. The molecule has 1 fully saturated rings. The van der Waals surface area contributed by atoms with Crippen LogP contribution in [0.1, 0.15) is 17.2 Å². The van der Waals surface area contributed by atoms with Crippen LogP contribution >= 0.6 is 11.8 Å². The third-order valence-corrected chi connectivity index (χ3v) is 5.36. The highest BCUT2D eigenvalue weighted by molar-refractivity contribution is 7.98. The van der Waals surface area contributed by atoms with E-state index in [1.165, 1.54) is 22.0 Å². The van der Waals surface area contributed by atoms with Crippen LogP contribution in [-0.4, -0.2) is 47.6 Å². The monoisotopic (exact) mass is 288 g/mol. The maximum absolute atomic E-state index is 6.44. The van der Waals surface area contributed by atoms with Gasteiger partial charge in [0.05, 0.1) is 12.2 Å². The first-order chi connectivity index (χ1) is 9.78. The van der Waals surface area contributed by atoms with Crippen molar-refractivity contribution in [2.24, 2.45) is 0 Å². The van der Waals surface area contributed by atoms with Gasteiger partial charge in [0, 0.05) is 35.4 Å². The summed E-state index contributed by atoms with van der Waals surface area (Å²) < 4.78 is 6.44. The molecule has 2 heterocycles. The molecule has 106 valence electrons. The molecule has 1 aromatic heterocycles. The number of rotatable bonds is 2. The van der Waals surface area contributed by atoms with Gasteiger partial charge < -0.3 is 9.72 Å². The highest BCUT2D eigenvalue weighted by Gasteiger charge is 2.39. The van der Waals surface area contributed by atoms with Crippen LogP contribution in [0.4, 0.5) is 0 Å². The summed E-state index contributed by atoms with van der Waals surface area (Å²) in [6.45, 7) is 1.04. The van der Waals surface area contributed by atoms with Crippen molar-refractivity contribution in [2.45, 2.75) is 24.7 Å². The molecule has 1 saturated heterocycles. The van der Waals surface area contributed by atoms with Crippen molar-refractivity contribution < 1.29 is 4.74 Å². The van der Waals surface area contributed by atoms with E-state index in [-0.39, 0.29) is 6.10 Å². The van der Waals surface area contributed by atoms with E-state index in [1.54, 1.807) is 0 Å². The van der Waals surface area contributed by atoms with Gasteiger partial charge in [-0.2, -0.15) is 11.8 Å². The van der Waals surface area contributed by atoms with Crippen molar-refractivity contribution in [3.63, 3.8) is 0 Å². The van der Waals surface area contributed by atoms with Gasteiger partial charge in [0.2, 0.25) is 0 Å². The number of benzene rings is 1. The lowest BCUT2D eigenvalue weighted by Gasteiger charge is -2.45. The number of morpholine rings is 1. The first-order valence-electron chi connectivity index (χ1n) is 7.21. The van der Waals surface area contributed by atoms with Crippen LogP contribution in [0.25, 0.3) is 10.9 Å². The van der Waals surface area contributed by atoms with Gasteiger partial charge in [-0.1, -0.05) is 12.1 Å². The molecule has 1 aromatic carbocycles. The van der Waals surface area contributed by atoms with Gasteiger partial charge in [-0.15, -0.1) is 0 Å². The lowest BCUT2D eigenvalue weighted by molar-refractivity contribution is -0.106. The molecule has 3 atom stereocenters. The van der Waals surface area contributed by atoms with E-state index in [1.807, 2.05) is 11.8 Å². The van der Waals surface area contributed by atoms with E-state index in [4.69, 9.17) is 4.74 Å². The van der Waals surface area contributed by atoms with Crippen LogP contribution in [0.5, 0.6) is 0 Å².